The van der Waals surface area contributed by atoms with Crippen molar-refractivity contribution >= 4 is 23.1 Å². The lowest BCUT2D eigenvalue weighted by molar-refractivity contribution is 0.923. The first kappa shape index (κ1) is 13.4. The molecule has 0 amide bonds. The summed E-state index contributed by atoms with van der Waals surface area (Å²) in [6.45, 7) is 0.802. The number of benzene rings is 2. The van der Waals surface area contributed by atoms with E-state index in [1.807, 2.05) is 37.4 Å². The average molecular weight is 274 g/mol. The van der Waals surface area contributed by atoms with Crippen LogP contribution in [0.4, 0.5) is 5.69 Å². The summed E-state index contributed by atoms with van der Waals surface area (Å²) in [5.74, 6) is -0.0118. The molecule has 0 aromatic heterocycles. The number of hydrogen-bond donors (Lipinski definition) is 2. The van der Waals surface area contributed by atoms with Crippen LogP contribution in [-0.4, -0.2) is 12.9 Å². The van der Waals surface area contributed by atoms with E-state index < -0.39 is 0 Å². The van der Waals surface area contributed by atoms with Gasteiger partial charge in [0.05, 0.1) is 5.02 Å². The molecular formula is C15H16ClN3. The van der Waals surface area contributed by atoms with Crippen LogP contribution in [0, 0.1) is 5.41 Å². The topological polar surface area (TPSA) is 53.1 Å². The highest BCUT2D eigenvalue weighted by Crippen LogP contribution is 2.23. The predicted octanol–water partition coefficient (Wildman–Crippen LogP) is 3.26. The third kappa shape index (κ3) is 3.26. The first-order valence-corrected chi connectivity index (χ1v) is 6.34. The van der Waals surface area contributed by atoms with Gasteiger partial charge in [0.15, 0.2) is 0 Å². The zero-order chi connectivity index (χ0) is 13.8. The number of halogens is 1. The van der Waals surface area contributed by atoms with Crippen molar-refractivity contribution in [1.82, 2.24) is 0 Å². The fraction of sp³-hybridized carbons (Fsp3) is 0.133. The van der Waals surface area contributed by atoms with Crippen LogP contribution in [-0.2, 0) is 6.54 Å². The van der Waals surface area contributed by atoms with E-state index in [4.69, 9.17) is 22.7 Å². The first-order valence-electron chi connectivity index (χ1n) is 5.97. The Kier molecular flexibility index (Phi) is 4.07. The summed E-state index contributed by atoms with van der Waals surface area (Å²) in [5, 5.41) is 7.92. The van der Waals surface area contributed by atoms with E-state index in [1.165, 1.54) is 5.56 Å². The molecule has 3 N–H and O–H groups in total. The van der Waals surface area contributed by atoms with Gasteiger partial charge >= 0.3 is 0 Å². The molecule has 2 aromatic rings. The van der Waals surface area contributed by atoms with Gasteiger partial charge in [-0.2, -0.15) is 0 Å². The normalized spacial score (nSPS) is 10.2. The van der Waals surface area contributed by atoms with Crippen LogP contribution in [0.2, 0.25) is 5.02 Å². The van der Waals surface area contributed by atoms with Gasteiger partial charge in [-0.25, -0.2) is 0 Å². The van der Waals surface area contributed by atoms with Crippen molar-refractivity contribution in [3.63, 3.8) is 0 Å². The molecule has 0 aliphatic carbocycles. The van der Waals surface area contributed by atoms with E-state index in [0.29, 0.717) is 10.6 Å². The van der Waals surface area contributed by atoms with Gasteiger partial charge in [0.1, 0.15) is 5.84 Å². The quantitative estimate of drug-likeness (QED) is 0.664. The minimum atomic E-state index is -0.0118. The van der Waals surface area contributed by atoms with Crippen molar-refractivity contribution in [2.75, 3.05) is 11.9 Å². The predicted molar refractivity (Wildman–Crippen MR) is 81.0 cm³/mol. The molecule has 0 saturated carbocycles. The van der Waals surface area contributed by atoms with Crippen molar-refractivity contribution in [3.8, 4) is 0 Å². The second-order valence-electron chi connectivity index (χ2n) is 4.42. The highest BCUT2D eigenvalue weighted by Gasteiger charge is 2.07. The largest absolute Gasteiger partial charge is 0.384 e. The van der Waals surface area contributed by atoms with Gasteiger partial charge in [-0.15, -0.1) is 0 Å². The van der Waals surface area contributed by atoms with E-state index in [-0.39, 0.29) is 5.84 Å². The third-order valence-corrected chi connectivity index (χ3v) is 3.26. The van der Waals surface area contributed by atoms with Crippen molar-refractivity contribution in [2.45, 2.75) is 6.54 Å². The number of nitrogens with two attached hydrogens (primary N) is 1. The Morgan fingerprint density at radius 2 is 1.89 bits per heavy atom. The molecule has 98 valence electrons. The second-order valence-corrected chi connectivity index (χ2v) is 4.83. The molecule has 2 aromatic carbocycles. The molecule has 0 unspecified atom stereocenters. The minimum absolute atomic E-state index is 0.0118. The van der Waals surface area contributed by atoms with Gasteiger partial charge in [-0.3, -0.25) is 5.41 Å². The molecule has 0 atom stereocenters. The SMILES string of the molecule is CN(Cc1ccccc1)c1ccc(C(=N)N)c(Cl)c1. The lowest BCUT2D eigenvalue weighted by atomic mass is 10.1. The van der Waals surface area contributed by atoms with Crippen molar-refractivity contribution in [1.29, 1.82) is 5.41 Å². The van der Waals surface area contributed by atoms with E-state index in [2.05, 4.69) is 17.0 Å². The molecule has 3 nitrogen and oxygen atoms in total. The number of rotatable bonds is 4. The van der Waals surface area contributed by atoms with Crippen LogP contribution in [0.3, 0.4) is 0 Å². The molecule has 19 heavy (non-hydrogen) atoms. The number of anilines is 1. The molecule has 0 fully saturated rings. The zero-order valence-corrected chi connectivity index (χ0v) is 11.5. The van der Waals surface area contributed by atoms with Crippen LogP contribution in [0.5, 0.6) is 0 Å². The molecule has 0 saturated heterocycles. The molecule has 0 aliphatic heterocycles. The number of hydrogen-bond acceptors (Lipinski definition) is 2. The Hall–Kier alpha value is -2.00. The fourth-order valence-corrected chi connectivity index (χ4v) is 2.19. The lowest BCUT2D eigenvalue weighted by Crippen LogP contribution is -2.17. The number of nitrogen functional groups attached to an aromatic ring is 1. The van der Waals surface area contributed by atoms with Crippen molar-refractivity contribution in [3.05, 3.63) is 64.7 Å². The van der Waals surface area contributed by atoms with E-state index in [9.17, 15) is 0 Å². The van der Waals surface area contributed by atoms with Crippen molar-refractivity contribution in [2.24, 2.45) is 5.73 Å². The molecule has 0 spiro atoms. The maximum atomic E-state index is 7.41. The van der Waals surface area contributed by atoms with Crippen molar-refractivity contribution < 1.29 is 0 Å². The van der Waals surface area contributed by atoms with Gasteiger partial charge in [0.25, 0.3) is 0 Å². The molecule has 0 heterocycles. The molecule has 0 bridgehead atoms. The van der Waals surface area contributed by atoms with Gasteiger partial charge in [-0.05, 0) is 23.8 Å². The maximum absolute atomic E-state index is 7.41. The number of nitrogens with one attached hydrogen (secondary N) is 1. The standard InChI is InChI=1S/C15H16ClN3/c1-19(10-11-5-3-2-4-6-11)12-7-8-13(15(17)18)14(16)9-12/h2-9H,10H2,1H3,(H3,17,18). The third-order valence-electron chi connectivity index (χ3n) is 2.95. The summed E-state index contributed by atoms with van der Waals surface area (Å²) >= 11 is 6.12. The van der Waals surface area contributed by atoms with Crippen LogP contribution in [0.25, 0.3) is 0 Å². The minimum Gasteiger partial charge on any atom is -0.384 e. The summed E-state index contributed by atoms with van der Waals surface area (Å²) in [5.41, 5.74) is 8.25. The van der Waals surface area contributed by atoms with Gasteiger partial charge < -0.3 is 10.6 Å². The Morgan fingerprint density at radius 3 is 2.47 bits per heavy atom. The summed E-state index contributed by atoms with van der Waals surface area (Å²) in [6, 6.07) is 15.8. The van der Waals surface area contributed by atoms with Crippen LogP contribution in [0.1, 0.15) is 11.1 Å². The fourth-order valence-electron chi connectivity index (χ4n) is 1.91. The maximum Gasteiger partial charge on any atom is 0.124 e. The molecular weight excluding hydrogens is 258 g/mol. The summed E-state index contributed by atoms with van der Waals surface area (Å²) in [4.78, 5) is 2.10. The Labute approximate surface area is 118 Å². The number of amidine groups is 1. The molecule has 2 rings (SSSR count). The lowest BCUT2D eigenvalue weighted by Gasteiger charge is -2.20. The van der Waals surface area contributed by atoms with E-state index >= 15 is 0 Å². The van der Waals surface area contributed by atoms with Gasteiger partial charge in [0.2, 0.25) is 0 Å². The highest BCUT2D eigenvalue weighted by atomic mass is 35.5. The Balaban J connectivity index is 2.18. The summed E-state index contributed by atoms with van der Waals surface area (Å²) in [6.07, 6.45) is 0. The first-order chi connectivity index (χ1) is 9.08. The molecule has 0 aliphatic rings. The zero-order valence-electron chi connectivity index (χ0n) is 10.7. The number of nitrogens with zero attached hydrogens (tertiary/aromatic N) is 1. The van der Waals surface area contributed by atoms with E-state index in [1.54, 1.807) is 6.07 Å². The summed E-state index contributed by atoms with van der Waals surface area (Å²) < 4.78 is 0. The Morgan fingerprint density at radius 1 is 1.21 bits per heavy atom. The van der Waals surface area contributed by atoms with E-state index in [0.717, 1.165) is 12.2 Å². The molecule has 4 heteroatoms. The monoisotopic (exact) mass is 273 g/mol. The smallest absolute Gasteiger partial charge is 0.124 e. The second kappa shape index (κ2) is 5.76. The Bertz CT molecular complexity index is 581. The van der Waals surface area contributed by atoms with Crippen LogP contribution < -0.4 is 10.6 Å². The summed E-state index contributed by atoms with van der Waals surface area (Å²) in [7, 11) is 2.01. The highest BCUT2D eigenvalue weighted by molar-refractivity contribution is 6.34. The van der Waals surface area contributed by atoms with Gasteiger partial charge in [-0.1, -0.05) is 41.9 Å². The van der Waals surface area contributed by atoms with Gasteiger partial charge in [0, 0.05) is 24.8 Å². The molecule has 0 radical (unpaired) electrons. The average Bonchev–Trinajstić information content (AvgIpc) is 2.39. The van der Waals surface area contributed by atoms with Crippen LogP contribution >= 0.6 is 11.6 Å². The van der Waals surface area contributed by atoms with Crippen LogP contribution in [0.15, 0.2) is 48.5 Å².